The zero-order valence-corrected chi connectivity index (χ0v) is 19.1. The fourth-order valence-corrected chi connectivity index (χ4v) is 3.81. The minimum Gasteiger partial charge on any atom is -0.508 e. The Bertz CT molecular complexity index is 1280. The largest absolute Gasteiger partial charge is 0.508 e. The molecule has 4 aromatic carbocycles. The number of ether oxygens (including phenoxy) is 1. The summed E-state index contributed by atoms with van der Waals surface area (Å²) in [5.41, 5.74) is 5.39. The van der Waals surface area contributed by atoms with Crippen molar-refractivity contribution in [3.63, 3.8) is 0 Å². The molecule has 0 aliphatic heterocycles. The van der Waals surface area contributed by atoms with E-state index in [-0.39, 0.29) is 17.2 Å². The first-order chi connectivity index (χ1) is 15.8. The van der Waals surface area contributed by atoms with Gasteiger partial charge in [-0.1, -0.05) is 18.2 Å². The first-order valence-electron chi connectivity index (χ1n) is 10.7. The van der Waals surface area contributed by atoms with Gasteiger partial charge in [0.25, 0.3) is 0 Å². The fraction of sp³-hybridized carbons (Fsp3) is 0.143. The van der Waals surface area contributed by atoms with Gasteiger partial charge in [-0.2, -0.15) is 0 Å². The predicted molar refractivity (Wildman–Crippen MR) is 132 cm³/mol. The van der Waals surface area contributed by atoms with E-state index in [2.05, 4.69) is 0 Å². The van der Waals surface area contributed by atoms with Gasteiger partial charge in [0, 0.05) is 22.9 Å². The second-order valence-corrected chi connectivity index (χ2v) is 8.18. The molecule has 0 spiro atoms. The lowest BCUT2D eigenvalue weighted by atomic mass is 10.1. The van der Waals surface area contributed by atoms with Gasteiger partial charge in [-0.15, -0.1) is 0 Å². The Morgan fingerprint density at radius 3 is 1.79 bits per heavy atom. The van der Waals surface area contributed by atoms with E-state index >= 15 is 0 Å². The number of aromatic hydroxyl groups is 3. The van der Waals surface area contributed by atoms with E-state index in [0.717, 1.165) is 39.3 Å². The van der Waals surface area contributed by atoms with Gasteiger partial charge in [-0.05, 0) is 87.4 Å². The van der Waals surface area contributed by atoms with Gasteiger partial charge in [0.2, 0.25) is 0 Å². The number of anilines is 3. The summed E-state index contributed by atoms with van der Waals surface area (Å²) in [5, 5.41) is 30.7. The van der Waals surface area contributed by atoms with Crippen molar-refractivity contribution >= 4 is 17.1 Å². The van der Waals surface area contributed by atoms with Crippen molar-refractivity contribution in [2.24, 2.45) is 0 Å². The summed E-state index contributed by atoms with van der Waals surface area (Å²) < 4.78 is 6.18. The summed E-state index contributed by atoms with van der Waals surface area (Å²) in [6, 6.07) is 21.9. The number of nitrogens with zero attached hydrogens (tertiary/aromatic N) is 1. The molecule has 0 unspecified atom stereocenters. The third kappa shape index (κ3) is 4.30. The molecule has 3 N–H and O–H groups in total. The van der Waals surface area contributed by atoms with Gasteiger partial charge in [-0.25, -0.2) is 0 Å². The van der Waals surface area contributed by atoms with Gasteiger partial charge >= 0.3 is 0 Å². The molecule has 0 bridgehead atoms. The average Bonchev–Trinajstić information content (AvgIpc) is 2.78. The number of phenolic OH excluding ortho intramolecular Hbond substituents is 3. The summed E-state index contributed by atoms with van der Waals surface area (Å²) >= 11 is 0. The van der Waals surface area contributed by atoms with Gasteiger partial charge in [0.15, 0.2) is 0 Å². The molecule has 0 fully saturated rings. The Balaban J connectivity index is 1.84. The zero-order valence-electron chi connectivity index (χ0n) is 19.1. The lowest BCUT2D eigenvalue weighted by Crippen LogP contribution is -2.12. The monoisotopic (exact) mass is 441 g/mol. The van der Waals surface area contributed by atoms with Gasteiger partial charge in [0.1, 0.15) is 28.7 Å². The van der Waals surface area contributed by atoms with Crippen molar-refractivity contribution in [2.45, 2.75) is 27.7 Å². The number of rotatable bonds is 5. The molecule has 0 aliphatic carbocycles. The van der Waals surface area contributed by atoms with E-state index in [4.69, 9.17) is 4.74 Å². The third-order valence-electron chi connectivity index (χ3n) is 5.83. The summed E-state index contributed by atoms with van der Waals surface area (Å²) in [4.78, 5) is 1.99. The molecule has 0 aliphatic rings. The molecular formula is C28H27NO4. The second kappa shape index (κ2) is 8.79. The maximum Gasteiger partial charge on any atom is 0.130 e. The van der Waals surface area contributed by atoms with Crippen LogP contribution in [-0.4, -0.2) is 15.3 Å². The maximum absolute atomic E-state index is 10.4. The molecule has 33 heavy (non-hydrogen) atoms. The molecule has 4 rings (SSSR count). The van der Waals surface area contributed by atoms with Gasteiger partial charge in [0.05, 0.1) is 11.4 Å². The quantitative estimate of drug-likeness (QED) is 0.303. The van der Waals surface area contributed by atoms with Crippen molar-refractivity contribution in [3.8, 4) is 28.7 Å². The van der Waals surface area contributed by atoms with E-state index in [1.165, 1.54) is 0 Å². The number of benzene rings is 4. The zero-order chi connectivity index (χ0) is 23.7. The molecule has 5 heteroatoms. The summed E-state index contributed by atoms with van der Waals surface area (Å²) in [6.07, 6.45) is 0. The number of hydrogen-bond donors (Lipinski definition) is 3. The molecular weight excluding hydrogens is 414 g/mol. The van der Waals surface area contributed by atoms with Crippen LogP contribution in [0.15, 0.2) is 72.8 Å². The normalized spacial score (nSPS) is 10.8. The van der Waals surface area contributed by atoms with Crippen molar-refractivity contribution in [1.82, 2.24) is 0 Å². The van der Waals surface area contributed by atoms with Crippen LogP contribution in [0.25, 0.3) is 0 Å². The molecule has 5 nitrogen and oxygen atoms in total. The third-order valence-corrected chi connectivity index (χ3v) is 5.83. The summed E-state index contributed by atoms with van der Waals surface area (Å²) in [6.45, 7) is 7.43. The Kier molecular flexibility index (Phi) is 5.88. The van der Waals surface area contributed by atoms with Crippen LogP contribution in [-0.2, 0) is 0 Å². The SMILES string of the molecule is Cc1cc(Oc2cccc(N(c3cccc(O)c3C)c3cccc(O)c3C)c2)c(C)cc1O. The van der Waals surface area contributed by atoms with Crippen LogP contribution < -0.4 is 9.64 Å². The van der Waals surface area contributed by atoms with E-state index in [0.29, 0.717) is 11.5 Å². The first kappa shape index (κ1) is 22.1. The maximum atomic E-state index is 10.4. The molecule has 0 heterocycles. The highest BCUT2D eigenvalue weighted by atomic mass is 16.5. The lowest BCUT2D eigenvalue weighted by Gasteiger charge is -2.29. The lowest BCUT2D eigenvalue weighted by molar-refractivity contribution is 0.458. The number of phenols is 3. The van der Waals surface area contributed by atoms with Crippen LogP contribution in [0.2, 0.25) is 0 Å². The van der Waals surface area contributed by atoms with Crippen LogP contribution in [0.1, 0.15) is 22.3 Å². The Labute approximate surface area is 193 Å². The van der Waals surface area contributed by atoms with E-state index in [9.17, 15) is 15.3 Å². The molecule has 0 atom stereocenters. The first-order valence-corrected chi connectivity index (χ1v) is 10.7. The average molecular weight is 442 g/mol. The summed E-state index contributed by atoms with van der Waals surface area (Å²) in [5.74, 6) is 1.91. The van der Waals surface area contributed by atoms with Crippen molar-refractivity contribution in [2.75, 3.05) is 4.90 Å². The number of hydrogen-bond acceptors (Lipinski definition) is 5. The molecule has 4 aromatic rings. The van der Waals surface area contributed by atoms with Gasteiger partial charge < -0.3 is 25.0 Å². The highest BCUT2D eigenvalue weighted by molar-refractivity contribution is 5.82. The highest BCUT2D eigenvalue weighted by Crippen LogP contribution is 2.43. The van der Waals surface area contributed by atoms with E-state index in [1.54, 1.807) is 30.3 Å². The number of aryl methyl sites for hydroxylation is 2. The van der Waals surface area contributed by atoms with Crippen molar-refractivity contribution in [1.29, 1.82) is 0 Å². The summed E-state index contributed by atoms with van der Waals surface area (Å²) in [7, 11) is 0. The van der Waals surface area contributed by atoms with Crippen LogP contribution in [0.4, 0.5) is 17.1 Å². The minimum absolute atomic E-state index is 0.193. The molecule has 0 aromatic heterocycles. The van der Waals surface area contributed by atoms with Crippen LogP contribution in [0.5, 0.6) is 28.7 Å². The second-order valence-electron chi connectivity index (χ2n) is 8.18. The van der Waals surface area contributed by atoms with Gasteiger partial charge in [-0.3, -0.25) is 0 Å². The Hall–Kier alpha value is -4.12. The molecule has 0 radical (unpaired) electrons. The van der Waals surface area contributed by atoms with E-state index in [1.807, 2.05) is 75.1 Å². The standard InChI is InChI=1S/C28H27NO4/c1-17-15-28(18(2)14-27(17)32)33-22-9-5-8-21(16-22)29(23-10-6-12-25(30)19(23)3)24-11-7-13-26(31)20(24)4/h5-16,30-32H,1-4H3. The van der Waals surface area contributed by atoms with Crippen LogP contribution >= 0.6 is 0 Å². The van der Waals surface area contributed by atoms with Crippen molar-refractivity contribution in [3.05, 3.63) is 95.1 Å². The fourth-order valence-electron chi connectivity index (χ4n) is 3.81. The van der Waals surface area contributed by atoms with Crippen LogP contribution in [0, 0.1) is 27.7 Å². The highest BCUT2D eigenvalue weighted by Gasteiger charge is 2.20. The molecule has 0 saturated heterocycles. The molecule has 168 valence electrons. The molecule has 0 amide bonds. The smallest absolute Gasteiger partial charge is 0.130 e. The van der Waals surface area contributed by atoms with Crippen molar-refractivity contribution < 1.29 is 20.1 Å². The topological polar surface area (TPSA) is 73.2 Å². The minimum atomic E-state index is 0.193. The Morgan fingerprint density at radius 2 is 1.18 bits per heavy atom. The Morgan fingerprint density at radius 1 is 0.606 bits per heavy atom. The van der Waals surface area contributed by atoms with E-state index < -0.39 is 0 Å². The predicted octanol–water partition coefficient (Wildman–Crippen LogP) is 7.30. The van der Waals surface area contributed by atoms with Crippen LogP contribution in [0.3, 0.4) is 0 Å². The molecule has 0 saturated carbocycles.